The number of rotatable bonds is 7. The Morgan fingerprint density at radius 2 is 2.00 bits per heavy atom. The Bertz CT molecular complexity index is 360. The zero-order chi connectivity index (χ0) is 13.0. The third-order valence-corrected chi connectivity index (χ3v) is 3.76. The molecule has 3 unspecified atom stereocenters. The topological polar surface area (TPSA) is 21.3 Å². The second-order valence-corrected chi connectivity index (χ2v) is 5.32. The molecular formula is C16H25NO. The standard InChI is InChI=1S/C16H25NO/c1-4-10-18-15-8-6-14(7-9-15)12(3)17-16-11-13(16)5-2/h6-9,12-13,16-17H,4-5,10-11H2,1-3H3. The van der Waals surface area contributed by atoms with Crippen LogP contribution >= 0.6 is 0 Å². The van der Waals surface area contributed by atoms with Crippen molar-refractivity contribution < 1.29 is 4.74 Å². The van der Waals surface area contributed by atoms with Crippen molar-refractivity contribution in [2.24, 2.45) is 5.92 Å². The molecule has 1 N–H and O–H groups in total. The molecule has 0 bridgehead atoms. The SMILES string of the molecule is CCCOc1ccc(C(C)NC2CC2CC)cc1. The Balaban J connectivity index is 1.84. The van der Waals surface area contributed by atoms with Gasteiger partial charge in [-0.15, -0.1) is 0 Å². The first-order valence-electron chi connectivity index (χ1n) is 7.23. The lowest BCUT2D eigenvalue weighted by molar-refractivity contribution is 0.317. The normalized spacial score (nSPS) is 23.7. The molecule has 0 aromatic heterocycles. The van der Waals surface area contributed by atoms with Gasteiger partial charge in [0, 0.05) is 12.1 Å². The van der Waals surface area contributed by atoms with Crippen LogP contribution < -0.4 is 10.1 Å². The van der Waals surface area contributed by atoms with Gasteiger partial charge in [-0.1, -0.05) is 32.4 Å². The van der Waals surface area contributed by atoms with Crippen LogP contribution in [0, 0.1) is 5.92 Å². The summed E-state index contributed by atoms with van der Waals surface area (Å²) in [5.41, 5.74) is 1.35. The summed E-state index contributed by atoms with van der Waals surface area (Å²) in [4.78, 5) is 0. The number of ether oxygens (including phenoxy) is 1. The summed E-state index contributed by atoms with van der Waals surface area (Å²) in [5.74, 6) is 1.88. The first-order chi connectivity index (χ1) is 8.74. The molecular weight excluding hydrogens is 222 g/mol. The molecule has 2 rings (SSSR count). The molecule has 0 amide bonds. The van der Waals surface area contributed by atoms with Crippen molar-refractivity contribution in [3.8, 4) is 5.75 Å². The van der Waals surface area contributed by atoms with Crippen molar-refractivity contribution in [2.75, 3.05) is 6.61 Å². The van der Waals surface area contributed by atoms with Crippen LogP contribution in [0.15, 0.2) is 24.3 Å². The molecule has 0 aliphatic heterocycles. The summed E-state index contributed by atoms with van der Waals surface area (Å²) in [6.07, 6.45) is 3.70. The molecule has 1 aliphatic rings. The highest BCUT2D eigenvalue weighted by Gasteiger charge is 2.35. The lowest BCUT2D eigenvalue weighted by atomic mass is 10.1. The first-order valence-corrected chi connectivity index (χ1v) is 7.23. The van der Waals surface area contributed by atoms with Crippen LogP contribution in [-0.4, -0.2) is 12.6 Å². The fourth-order valence-corrected chi connectivity index (χ4v) is 2.39. The molecule has 0 spiro atoms. The number of benzene rings is 1. The molecule has 2 heteroatoms. The summed E-state index contributed by atoms with van der Waals surface area (Å²) in [6, 6.07) is 9.67. The second kappa shape index (κ2) is 6.24. The van der Waals surface area contributed by atoms with Crippen LogP contribution in [0.1, 0.15) is 51.6 Å². The Morgan fingerprint density at radius 1 is 1.28 bits per heavy atom. The molecule has 1 aliphatic carbocycles. The van der Waals surface area contributed by atoms with Gasteiger partial charge >= 0.3 is 0 Å². The van der Waals surface area contributed by atoms with Crippen molar-refractivity contribution in [2.45, 2.75) is 52.1 Å². The van der Waals surface area contributed by atoms with Crippen LogP contribution in [0.3, 0.4) is 0 Å². The van der Waals surface area contributed by atoms with Crippen molar-refractivity contribution in [3.63, 3.8) is 0 Å². The average Bonchev–Trinajstić information content (AvgIpc) is 3.15. The van der Waals surface area contributed by atoms with Gasteiger partial charge in [0.15, 0.2) is 0 Å². The van der Waals surface area contributed by atoms with Crippen molar-refractivity contribution in [1.29, 1.82) is 0 Å². The summed E-state index contributed by atoms with van der Waals surface area (Å²) in [5, 5.41) is 3.69. The van der Waals surface area contributed by atoms with Crippen LogP contribution in [0.5, 0.6) is 5.75 Å². The van der Waals surface area contributed by atoms with Crippen molar-refractivity contribution in [3.05, 3.63) is 29.8 Å². The largest absolute Gasteiger partial charge is 0.494 e. The molecule has 0 heterocycles. The van der Waals surface area contributed by atoms with E-state index in [1.165, 1.54) is 18.4 Å². The Morgan fingerprint density at radius 3 is 2.56 bits per heavy atom. The molecule has 2 nitrogen and oxygen atoms in total. The Kier molecular flexibility index (Phi) is 4.65. The van der Waals surface area contributed by atoms with Gasteiger partial charge in [-0.3, -0.25) is 0 Å². The van der Waals surface area contributed by atoms with E-state index in [1.54, 1.807) is 0 Å². The molecule has 0 saturated heterocycles. The van der Waals surface area contributed by atoms with Gasteiger partial charge in [-0.05, 0) is 43.4 Å². The van der Waals surface area contributed by atoms with Gasteiger partial charge < -0.3 is 10.1 Å². The van der Waals surface area contributed by atoms with Gasteiger partial charge in [-0.2, -0.15) is 0 Å². The lowest BCUT2D eigenvalue weighted by Gasteiger charge is -2.15. The van der Waals surface area contributed by atoms with E-state index in [0.29, 0.717) is 6.04 Å². The van der Waals surface area contributed by atoms with Crippen LogP contribution in [0.2, 0.25) is 0 Å². The zero-order valence-electron chi connectivity index (χ0n) is 11.8. The molecule has 1 fully saturated rings. The maximum Gasteiger partial charge on any atom is 0.119 e. The highest BCUT2D eigenvalue weighted by Crippen LogP contribution is 2.35. The van der Waals surface area contributed by atoms with E-state index in [9.17, 15) is 0 Å². The van der Waals surface area contributed by atoms with Gasteiger partial charge in [0.05, 0.1) is 6.61 Å². The molecule has 1 aromatic carbocycles. The second-order valence-electron chi connectivity index (χ2n) is 5.32. The van der Waals surface area contributed by atoms with Gasteiger partial charge in [0.2, 0.25) is 0 Å². The Hall–Kier alpha value is -1.02. The van der Waals surface area contributed by atoms with E-state index in [0.717, 1.165) is 30.7 Å². The fourth-order valence-electron chi connectivity index (χ4n) is 2.39. The minimum atomic E-state index is 0.437. The zero-order valence-corrected chi connectivity index (χ0v) is 11.8. The number of hydrogen-bond donors (Lipinski definition) is 1. The molecule has 1 aromatic rings. The minimum Gasteiger partial charge on any atom is -0.494 e. The molecule has 18 heavy (non-hydrogen) atoms. The maximum absolute atomic E-state index is 5.60. The molecule has 3 atom stereocenters. The third kappa shape index (κ3) is 3.49. The Labute approximate surface area is 111 Å². The summed E-state index contributed by atoms with van der Waals surface area (Å²) >= 11 is 0. The van der Waals surface area contributed by atoms with Crippen molar-refractivity contribution >= 4 is 0 Å². The number of nitrogens with one attached hydrogen (secondary N) is 1. The van der Waals surface area contributed by atoms with E-state index >= 15 is 0 Å². The van der Waals surface area contributed by atoms with E-state index in [1.807, 2.05) is 0 Å². The fraction of sp³-hybridized carbons (Fsp3) is 0.625. The van der Waals surface area contributed by atoms with Gasteiger partial charge in [0.25, 0.3) is 0 Å². The van der Waals surface area contributed by atoms with Crippen molar-refractivity contribution in [1.82, 2.24) is 5.32 Å². The number of hydrogen-bond acceptors (Lipinski definition) is 2. The van der Waals surface area contributed by atoms with Crippen LogP contribution in [0.25, 0.3) is 0 Å². The summed E-state index contributed by atoms with van der Waals surface area (Å²) in [6.45, 7) is 7.44. The average molecular weight is 247 g/mol. The van der Waals surface area contributed by atoms with Crippen LogP contribution in [-0.2, 0) is 0 Å². The molecule has 100 valence electrons. The van der Waals surface area contributed by atoms with E-state index < -0.39 is 0 Å². The predicted octanol–water partition coefficient (Wildman–Crippen LogP) is 3.92. The monoisotopic (exact) mass is 247 g/mol. The molecule has 0 radical (unpaired) electrons. The quantitative estimate of drug-likeness (QED) is 0.788. The van der Waals surface area contributed by atoms with Gasteiger partial charge in [0.1, 0.15) is 5.75 Å². The van der Waals surface area contributed by atoms with E-state index in [-0.39, 0.29) is 0 Å². The smallest absolute Gasteiger partial charge is 0.119 e. The third-order valence-electron chi connectivity index (χ3n) is 3.76. The summed E-state index contributed by atoms with van der Waals surface area (Å²) < 4.78 is 5.60. The first kappa shape index (κ1) is 13.4. The maximum atomic E-state index is 5.60. The lowest BCUT2D eigenvalue weighted by Crippen LogP contribution is -2.22. The minimum absolute atomic E-state index is 0.437. The predicted molar refractivity (Wildman–Crippen MR) is 76.0 cm³/mol. The highest BCUT2D eigenvalue weighted by molar-refractivity contribution is 5.29. The van der Waals surface area contributed by atoms with Gasteiger partial charge in [-0.25, -0.2) is 0 Å². The van der Waals surface area contributed by atoms with E-state index in [2.05, 4.69) is 50.4 Å². The van der Waals surface area contributed by atoms with Crippen LogP contribution in [0.4, 0.5) is 0 Å². The molecule has 1 saturated carbocycles. The summed E-state index contributed by atoms with van der Waals surface area (Å²) in [7, 11) is 0. The highest BCUT2D eigenvalue weighted by atomic mass is 16.5. The van der Waals surface area contributed by atoms with E-state index in [4.69, 9.17) is 4.74 Å².